The van der Waals surface area contributed by atoms with Gasteiger partial charge in [0.05, 0.1) is 12.6 Å². The molecule has 0 radical (unpaired) electrons. The Kier molecular flexibility index (Phi) is 7.80. The monoisotopic (exact) mass is 325 g/mol. The number of carbonyl (C=O) groups excluding carboxylic acids is 1. The molecule has 2 saturated heterocycles. The van der Waals surface area contributed by atoms with Gasteiger partial charge in [-0.3, -0.25) is 4.79 Å². The van der Waals surface area contributed by atoms with E-state index < -0.39 is 0 Å². The van der Waals surface area contributed by atoms with E-state index >= 15 is 0 Å². The van der Waals surface area contributed by atoms with E-state index in [1.54, 1.807) is 0 Å². The molecule has 2 fully saturated rings. The van der Waals surface area contributed by atoms with Gasteiger partial charge < -0.3 is 20.2 Å². The van der Waals surface area contributed by atoms with E-state index in [2.05, 4.69) is 22.0 Å². The molecule has 5 heteroatoms. The summed E-state index contributed by atoms with van der Waals surface area (Å²) in [5, 5.41) is 12.8. The van der Waals surface area contributed by atoms with Crippen LogP contribution >= 0.6 is 0 Å². The lowest BCUT2D eigenvalue weighted by Crippen LogP contribution is -2.48. The molecule has 2 aliphatic heterocycles. The van der Waals surface area contributed by atoms with Crippen LogP contribution in [-0.2, 0) is 4.79 Å². The number of β-amino-alcohol motifs (C(OH)–C–C–N with tert-alkyl or cyclic N) is 1. The minimum atomic E-state index is -0.238. The van der Waals surface area contributed by atoms with Crippen LogP contribution in [0, 0.1) is 5.92 Å². The van der Waals surface area contributed by atoms with Gasteiger partial charge in [0.25, 0.3) is 0 Å². The minimum absolute atomic E-state index is 0.238. The predicted octanol–water partition coefficient (Wildman–Crippen LogP) is 1.46. The van der Waals surface area contributed by atoms with Crippen LogP contribution in [-0.4, -0.2) is 72.2 Å². The maximum absolute atomic E-state index is 12.4. The van der Waals surface area contributed by atoms with Crippen LogP contribution in [0.25, 0.3) is 0 Å². The molecule has 2 heterocycles. The SMILES string of the molecule is CCC1CCCCN1C(=O)CNCC1CCN(CC(C)O)CC1. The zero-order valence-electron chi connectivity index (χ0n) is 15.0. The number of amides is 1. The van der Waals surface area contributed by atoms with Crippen molar-refractivity contribution in [1.82, 2.24) is 15.1 Å². The molecule has 0 aromatic heterocycles. The molecule has 2 N–H and O–H groups in total. The highest BCUT2D eigenvalue weighted by Gasteiger charge is 2.25. The largest absolute Gasteiger partial charge is 0.392 e. The average molecular weight is 325 g/mol. The zero-order valence-corrected chi connectivity index (χ0v) is 15.0. The van der Waals surface area contributed by atoms with Crippen LogP contribution in [0.5, 0.6) is 0 Å². The minimum Gasteiger partial charge on any atom is -0.392 e. The molecule has 23 heavy (non-hydrogen) atoms. The van der Waals surface area contributed by atoms with Crippen molar-refractivity contribution in [3.05, 3.63) is 0 Å². The van der Waals surface area contributed by atoms with Gasteiger partial charge in [-0.15, -0.1) is 0 Å². The van der Waals surface area contributed by atoms with E-state index in [0.29, 0.717) is 18.5 Å². The first-order valence-electron chi connectivity index (χ1n) is 9.50. The third kappa shape index (κ3) is 6.05. The lowest BCUT2D eigenvalue weighted by molar-refractivity contribution is -0.134. The number of rotatable bonds is 7. The Morgan fingerprint density at radius 1 is 1.22 bits per heavy atom. The molecule has 2 unspecified atom stereocenters. The summed E-state index contributed by atoms with van der Waals surface area (Å²) in [7, 11) is 0. The highest BCUT2D eigenvalue weighted by molar-refractivity contribution is 5.78. The van der Waals surface area contributed by atoms with Gasteiger partial charge in [-0.05, 0) is 71.0 Å². The molecule has 5 nitrogen and oxygen atoms in total. The molecule has 0 aromatic rings. The molecular formula is C18H35N3O2. The standard InChI is InChI=1S/C18H35N3O2/c1-3-17-6-4-5-9-21(17)18(23)13-19-12-16-7-10-20(11-8-16)14-15(2)22/h15-17,19,22H,3-14H2,1-2H3. The number of nitrogens with zero attached hydrogens (tertiary/aromatic N) is 2. The van der Waals surface area contributed by atoms with Gasteiger partial charge in [0, 0.05) is 19.1 Å². The molecule has 2 aliphatic rings. The number of nitrogens with one attached hydrogen (secondary N) is 1. The van der Waals surface area contributed by atoms with Gasteiger partial charge >= 0.3 is 0 Å². The summed E-state index contributed by atoms with van der Waals surface area (Å²) in [6.45, 7) is 9.32. The molecule has 134 valence electrons. The average Bonchev–Trinajstić information content (AvgIpc) is 2.55. The second kappa shape index (κ2) is 9.60. The summed E-state index contributed by atoms with van der Waals surface area (Å²) >= 11 is 0. The van der Waals surface area contributed by atoms with Crippen LogP contribution in [0.15, 0.2) is 0 Å². The van der Waals surface area contributed by atoms with Crippen molar-refractivity contribution in [2.75, 3.05) is 39.3 Å². The number of piperidine rings is 2. The Morgan fingerprint density at radius 2 is 1.96 bits per heavy atom. The van der Waals surface area contributed by atoms with Crippen molar-refractivity contribution in [3.8, 4) is 0 Å². The summed E-state index contributed by atoms with van der Waals surface area (Å²) < 4.78 is 0. The lowest BCUT2D eigenvalue weighted by Gasteiger charge is -2.36. The van der Waals surface area contributed by atoms with E-state index in [9.17, 15) is 9.90 Å². The van der Waals surface area contributed by atoms with Crippen LogP contribution in [0.4, 0.5) is 0 Å². The Hall–Kier alpha value is -0.650. The Bertz CT molecular complexity index is 354. The number of likely N-dealkylation sites (tertiary alicyclic amines) is 2. The van der Waals surface area contributed by atoms with Gasteiger partial charge in [-0.1, -0.05) is 6.92 Å². The molecular weight excluding hydrogens is 290 g/mol. The highest BCUT2D eigenvalue weighted by atomic mass is 16.3. The molecule has 2 rings (SSSR count). The van der Waals surface area contributed by atoms with Crippen LogP contribution in [0.2, 0.25) is 0 Å². The van der Waals surface area contributed by atoms with Gasteiger partial charge in [0.1, 0.15) is 0 Å². The fraction of sp³-hybridized carbons (Fsp3) is 0.944. The summed E-state index contributed by atoms with van der Waals surface area (Å²) in [5.41, 5.74) is 0. The van der Waals surface area contributed by atoms with Crippen molar-refractivity contribution >= 4 is 5.91 Å². The summed E-state index contributed by atoms with van der Waals surface area (Å²) in [6, 6.07) is 0.460. The Morgan fingerprint density at radius 3 is 2.61 bits per heavy atom. The van der Waals surface area contributed by atoms with Crippen molar-refractivity contribution in [1.29, 1.82) is 0 Å². The zero-order chi connectivity index (χ0) is 16.7. The highest BCUT2D eigenvalue weighted by Crippen LogP contribution is 2.19. The van der Waals surface area contributed by atoms with Crippen LogP contribution in [0.1, 0.15) is 52.4 Å². The molecule has 0 aliphatic carbocycles. The molecule has 0 aromatic carbocycles. The van der Waals surface area contributed by atoms with Gasteiger partial charge in [0.2, 0.25) is 5.91 Å². The van der Waals surface area contributed by atoms with Crippen molar-refractivity contribution in [2.24, 2.45) is 5.92 Å². The van der Waals surface area contributed by atoms with Crippen LogP contribution in [0.3, 0.4) is 0 Å². The van der Waals surface area contributed by atoms with Gasteiger partial charge in [-0.25, -0.2) is 0 Å². The first-order chi connectivity index (χ1) is 11.1. The number of aliphatic hydroxyl groups excluding tert-OH is 1. The number of carbonyl (C=O) groups is 1. The second-order valence-corrected chi connectivity index (χ2v) is 7.37. The molecule has 2 atom stereocenters. The van der Waals surface area contributed by atoms with Crippen molar-refractivity contribution in [3.63, 3.8) is 0 Å². The van der Waals surface area contributed by atoms with E-state index in [4.69, 9.17) is 0 Å². The molecule has 0 saturated carbocycles. The Balaban J connectivity index is 1.62. The van der Waals surface area contributed by atoms with E-state index in [0.717, 1.165) is 58.4 Å². The molecule has 0 bridgehead atoms. The van der Waals surface area contributed by atoms with Crippen molar-refractivity contribution < 1.29 is 9.90 Å². The maximum Gasteiger partial charge on any atom is 0.236 e. The Labute approximate surface area is 141 Å². The first-order valence-corrected chi connectivity index (χ1v) is 9.50. The van der Waals surface area contributed by atoms with E-state index in [-0.39, 0.29) is 12.0 Å². The fourth-order valence-electron chi connectivity index (χ4n) is 3.98. The summed E-state index contributed by atoms with van der Waals surface area (Å²) in [5.74, 6) is 0.944. The van der Waals surface area contributed by atoms with E-state index in [1.807, 2.05) is 6.92 Å². The first kappa shape index (κ1) is 18.7. The van der Waals surface area contributed by atoms with Gasteiger partial charge in [-0.2, -0.15) is 0 Å². The summed E-state index contributed by atoms with van der Waals surface area (Å²) in [6.07, 6.45) is 6.76. The van der Waals surface area contributed by atoms with Crippen LogP contribution < -0.4 is 5.32 Å². The van der Waals surface area contributed by atoms with Crippen molar-refractivity contribution in [2.45, 2.75) is 64.5 Å². The smallest absolute Gasteiger partial charge is 0.236 e. The quantitative estimate of drug-likeness (QED) is 0.744. The maximum atomic E-state index is 12.4. The predicted molar refractivity (Wildman–Crippen MR) is 93.4 cm³/mol. The third-order valence-corrected chi connectivity index (χ3v) is 5.36. The lowest BCUT2D eigenvalue weighted by atomic mass is 9.96. The normalized spacial score (nSPS) is 25.5. The molecule has 0 spiro atoms. The second-order valence-electron chi connectivity index (χ2n) is 7.37. The number of aliphatic hydroxyl groups is 1. The third-order valence-electron chi connectivity index (χ3n) is 5.36. The van der Waals surface area contributed by atoms with Gasteiger partial charge in [0.15, 0.2) is 0 Å². The fourth-order valence-corrected chi connectivity index (χ4v) is 3.98. The van der Waals surface area contributed by atoms with E-state index in [1.165, 1.54) is 12.8 Å². The number of hydrogen-bond donors (Lipinski definition) is 2. The number of hydrogen-bond acceptors (Lipinski definition) is 4. The topological polar surface area (TPSA) is 55.8 Å². The summed E-state index contributed by atoms with van der Waals surface area (Å²) in [4.78, 5) is 16.8. The molecule has 1 amide bonds.